The molecule has 0 saturated heterocycles. The first-order chi connectivity index (χ1) is 17.5. The first kappa shape index (κ1) is 25.0. The zero-order chi connectivity index (χ0) is 25.5. The van der Waals surface area contributed by atoms with Crippen LogP contribution in [0, 0.1) is 18.3 Å². The van der Waals surface area contributed by atoms with Crippen molar-refractivity contribution in [3.63, 3.8) is 0 Å². The number of aromatic nitrogens is 1. The number of carbonyl (C=O) groups is 1. The minimum atomic E-state index is -0.467. The van der Waals surface area contributed by atoms with Crippen molar-refractivity contribution in [1.29, 1.82) is 5.26 Å². The Kier molecular flexibility index (Phi) is 8.04. The molecule has 1 heterocycles. The summed E-state index contributed by atoms with van der Waals surface area (Å²) in [6.45, 7) is 6.36. The minimum Gasteiger partial charge on any atom is -0.494 e. The lowest BCUT2D eigenvalue weighted by Gasteiger charge is -2.16. The molecule has 0 bridgehead atoms. The second-order valence-corrected chi connectivity index (χ2v) is 9.62. The van der Waals surface area contributed by atoms with Crippen molar-refractivity contribution in [1.82, 2.24) is 4.98 Å². The van der Waals surface area contributed by atoms with Crippen LogP contribution in [0.15, 0.2) is 90.0 Å². The van der Waals surface area contributed by atoms with Crippen LogP contribution in [0.25, 0.3) is 22.4 Å². The van der Waals surface area contributed by atoms with E-state index in [0.717, 1.165) is 39.4 Å². The molecule has 1 atom stereocenters. The molecule has 0 fully saturated rings. The van der Waals surface area contributed by atoms with E-state index in [1.807, 2.05) is 106 Å². The number of thioether (sulfide) groups is 1. The smallest absolute Gasteiger partial charge is 0.237 e. The fourth-order valence-electron chi connectivity index (χ4n) is 3.70. The molecule has 36 heavy (non-hydrogen) atoms. The number of carbonyl (C=O) groups excluding carboxylic acids is 1. The van der Waals surface area contributed by atoms with Gasteiger partial charge in [-0.05, 0) is 68.8 Å². The molecule has 4 rings (SSSR count). The molecular formula is C30H27N3O2S. The van der Waals surface area contributed by atoms with Crippen LogP contribution in [0.5, 0.6) is 5.75 Å². The Labute approximate surface area is 216 Å². The Hall–Kier alpha value is -4.08. The van der Waals surface area contributed by atoms with Crippen LogP contribution in [-0.2, 0) is 4.79 Å². The Bertz CT molecular complexity index is 1380. The molecule has 3 aromatic carbocycles. The lowest BCUT2D eigenvalue weighted by molar-refractivity contribution is -0.115. The third kappa shape index (κ3) is 5.94. The molecule has 1 N–H and O–H groups in total. The second-order valence-electron chi connectivity index (χ2n) is 8.29. The fourth-order valence-corrected chi connectivity index (χ4v) is 4.62. The highest BCUT2D eigenvalue weighted by atomic mass is 32.2. The molecular weight excluding hydrogens is 466 g/mol. The average molecular weight is 494 g/mol. The van der Waals surface area contributed by atoms with Gasteiger partial charge in [0.05, 0.1) is 23.1 Å². The van der Waals surface area contributed by atoms with E-state index in [2.05, 4.69) is 11.4 Å². The molecule has 4 aromatic rings. The number of hydrogen-bond acceptors (Lipinski definition) is 5. The zero-order valence-corrected chi connectivity index (χ0v) is 21.3. The Balaban J connectivity index is 1.71. The maximum Gasteiger partial charge on any atom is 0.237 e. The summed E-state index contributed by atoms with van der Waals surface area (Å²) in [5, 5.41) is 13.1. The molecule has 0 aliphatic heterocycles. The number of pyridine rings is 1. The van der Waals surface area contributed by atoms with Crippen LogP contribution in [0.4, 0.5) is 5.69 Å². The summed E-state index contributed by atoms with van der Waals surface area (Å²) in [7, 11) is 0. The zero-order valence-electron chi connectivity index (χ0n) is 20.5. The summed E-state index contributed by atoms with van der Waals surface area (Å²) in [5.41, 5.74) is 5.64. The molecule has 0 unspecified atom stereocenters. The molecule has 180 valence electrons. The molecule has 0 aliphatic carbocycles. The van der Waals surface area contributed by atoms with Crippen LogP contribution in [0.1, 0.15) is 25.0 Å². The second kappa shape index (κ2) is 11.6. The number of amides is 1. The van der Waals surface area contributed by atoms with Gasteiger partial charge in [-0.15, -0.1) is 0 Å². The van der Waals surface area contributed by atoms with Crippen LogP contribution >= 0.6 is 11.8 Å². The van der Waals surface area contributed by atoms with Gasteiger partial charge in [0.15, 0.2) is 0 Å². The Morgan fingerprint density at radius 2 is 1.72 bits per heavy atom. The SMILES string of the molecule is CCOc1ccc(-c2cc(-c3ccccc3)c(C#N)c(S[C@H](C)C(=O)Nc3ccc(C)cc3)n2)cc1. The molecule has 6 heteroatoms. The van der Waals surface area contributed by atoms with Crippen molar-refractivity contribution in [3.05, 3.63) is 96.1 Å². The maximum atomic E-state index is 13.0. The first-order valence-corrected chi connectivity index (χ1v) is 12.6. The number of hydrogen-bond donors (Lipinski definition) is 1. The van der Waals surface area contributed by atoms with Gasteiger partial charge in [-0.3, -0.25) is 4.79 Å². The molecule has 5 nitrogen and oxygen atoms in total. The van der Waals surface area contributed by atoms with E-state index < -0.39 is 5.25 Å². The van der Waals surface area contributed by atoms with Crippen LogP contribution < -0.4 is 10.1 Å². The number of nitrogens with one attached hydrogen (secondary N) is 1. The average Bonchev–Trinajstić information content (AvgIpc) is 2.90. The predicted octanol–water partition coefficient (Wildman–Crippen LogP) is 7.11. The van der Waals surface area contributed by atoms with Crippen LogP contribution in [0.2, 0.25) is 0 Å². The lowest BCUT2D eigenvalue weighted by atomic mass is 9.99. The van der Waals surface area contributed by atoms with Crippen molar-refractivity contribution in [2.24, 2.45) is 0 Å². The molecule has 0 saturated carbocycles. The van der Waals surface area contributed by atoms with Gasteiger partial charge in [0.25, 0.3) is 0 Å². The Morgan fingerprint density at radius 1 is 1.03 bits per heavy atom. The van der Waals surface area contributed by atoms with Gasteiger partial charge in [0.2, 0.25) is 5.91 Å². The highest BCUT2D eigenvalue weighted by molar-refractivity contribution is 8.00. The summed E-state index contributed by atoms with van der Waals surface area (Å²) in [6.07, 6.45) is 0. The summed E-state index contributed by atoms with van der Waals surface area (Å²) in [6, 6.07) is 29.4. The van der Waals surface area contributed by atoms with E-state index in [9.17, 15) is 10.1 Å². The highest BCUT2D eigenvalue weighted by Crippen LogP contribution is 2.36. The van der Waals surface area contributed by atoms with Crippen molar-refractivity contribution in [3.8, 4) is 34.2 Å². The number of nitrogens with zero attached hydrogens (tertiary/aromatic N) is 2. The Morgan fingerprint density at radius 3 is 2.36 bits per heavy atom. The van der Waals surface area contributed by atoms with E-state index in [4.69, 9.17) is 9.72 Å². The van der Waals surface area contributed by atoms with E-state index in [-0.39, 0.29) is 5.91 Å². The maximum absolute atomic E-state index is 13.0. The fraction of sp³-hybridized carbons (Fsp3) is 0.167. The van der Waals surface area contributed by atoms with Gasteiger partial charge in [0.1, 0.15) is 16.8 Å². The largest absolute Gasteiger partial charge is 0.494 e. The van der Waals surface area contributed by atoms with Crippen molar-refractivity contribution in [2.45, 2.75) is 31.0 Å². The van der Waals surface area contributed by atoms with E-state index in [1.165, 1.54) is 11.8 Å². The molecule has 1 amide bonds. The van der Waals surface area contributed by atoms with E-state index in [1.54, 1.807) is 0 Å². The summed E-state index contributed by atoms with van der Waals surface area (Å²) in [5.74, 6) is 0.636. The van der Waals surface area contributed by atoms with Gasteiger partial charge in [-0.1, -0.05) is 59.8 Å². The lowest BCUT2D eigenvalue weighted by Crippen LogP contribution is -2.22. The quantitative estimate of drug-likeness (QED) is 0.265. The van der Waals surface area contributed by atoms with Crippen LogP contribution in [-0.4, -0.2) is 22.7 Å². The van der Waals surface area contributed by atoms with Gasteiger partial charge in [-0.25, -0.2) is 4.98 Å². The minimum absolute atomic E-state index is 0.151. The van der Waals surface area contributed by atoms with Crippen molar-refractivity contribution in [2.75, 3.05) is 11.9 Å². The number of nitriles is 1. The number of aryl methyl sites for hydroxylation is 1. The van der Waals surface area contributed by atoms with Crippen molar-refractivity contribution >= 4 is 23.4 Å². The molecule has 0 spiro atoms. The predicted molar refractivity (Wildman–Crippen MR) is 146 cm³/mol. The molecule has 0 radical (unpaired) electrons. The van der Waals surface area contributed by atoms with Crippen molar-refractivity contribution < 1.29 is 9.53 Å². The third-order valence-electron chi connectivity index (χ3n) is 5.62. The summed E-state index contributed by atoms with van der Waals surface area (Å²) in [4.78, 5) is 17.8. The first-order valence-electron chi connectivity index (χ1n) is 11.8. The number of ether oxygens (including phenoxy) is 1. The third-order valence-corrected chi connectivity index (χ3v) is 6.71. The van der Waals surface area contributed by atoms with Gasteiger partial charge in [0, 0.05) is 16.8 Å². The van der Waals surface area contributed by atoms with E-state index in [0.29, 0.717) is 17.2 Å². The number of benzene rings is 3. The van der Waals surface area contributed by atoms with Gasteiger partial charge >= 0.3 is 0 Å². The topological polar surface area (TPSA) is 75.0 Å². The number of rotatable bonds is 8. The normalized spacial score (nSPS) is 11.4. The molecule has 1 aromatic heterocycles. The highest BCUT2D eigenvalue weighted by Gasteiger charge is 2.21. The molecule has 0 aliphatic rings. The monoisotopic (exact) mass is 493 g/mol. The van der Waals surface area contributed by atoms with Gasteiger partial charge < -0.3 is 10.1 Å². The van der Waals surface area contributed by atoms with E-state index >= 15 is 0 Å². The summed E-state index contributed by atoms with van der Waals surface area (Å²) < 4.78 is 5.57. The number of anilines is 1. The van der Waals surface area contributed by atoms with Gasteiger partial charge in [-0.2, -0.15) is 5.26 Å². The van der Waals surface area contributed by atoms with Crippen LogP contribution in [0.3, 0.4) is 0 Å². The summed E-state index contributed by atoms with van der Waals surface area (Å²) >= 11 is 1.28. The standard InChI is InChI=1S/C30H27N3O2S/c1-4-35-25-16-12-23(13-17-25)28-18-26(22-8-6-5-7-9-22)27(19-31)30(33-28)36-21(3)29(34)32-24-14-10-20(2)11-15-24/h5-18,21H,4H2,1-3H3,(H,32,34)/t21-/m1/s1.